The number of benzene rings is 2. The predicted molar refractivity (Wildman–Crippen MR) is 95.9 cm³/mol. The highest BCUT2D eigenvalue weighted by Gasteiger charge is 2.42. The first-order valence-electron chi connectivity index (χ1n) is 8.17. The molecule has 0 atom stereocenters. The SMILES string of the molecule is CN(C(=O)/C=C\c1cccc(-c2ccccc2)c1)C1(C#N)CCC1. The number of amides is 1. The fourth-order valence-corrected chi connectivity index (χ4v) is 2.98. The Kier molecular flexibility index (Phi) is 4.48. The number of carbonyl (C=O) groups excluding carboxylic acids is 1. The Morgan fingerprint density at radius 2 is 1.83 bits per heavy atom. The Morgan fingerprint density at radius 1 is 1.12 bits per heavy atom. The minimum atomic E-state index is -0.604. The second-order valence-electron chi connectivity index (χ2n) is 6.22. The van der Waals surface area contributed by atoms with Gasteiger partial charge in [0.15, 0.2) is 0 Å². The first-order chi connectivity index (χ1) is 11.6. The van der Waals surface area contributed by atoms with Crippen molar-refractivity contribution in [2.45, 2.75) is 24.8 Å². The lowest BCUT2D eigenvalue weighted by Gasteiger charge is -2.42. The molecule has 2 aromatic rings. The van der Waals surface area contributed by atoms with E-state index < -0.39 is 5.54 Å². The van der Waals surface area contributed by atoms with Crippen LogP contribution in [-0.2, 0) is 4.79 Å². The van der Waals surface area contributed by atoms with Crippen LogP contribution in [0.5, 0.6) is 0 Å². The molecule has 1 aliphatic carbocycles. The van der Waals surface area contributed by atoms with E-state index in [0.717, 1.165) is 36.0 Å². The van der Waals surface area contributed by atoms with Crippen LogP contribution in [0.3, 0.4) is 0 Å². The molecule has 0 aromatic heterocycles. The smallest absolute Gasteiger partial charge is 0.247 e. The van der Waals surface area contributed by atoms with Crippen LogP contribution >= 0.6 is 0 Å². The highest BCUT2D eigenvalue weighted by Crippen LogP contribution is 2.36. The van der Waals surface area contributed by atoms with Gasteiger partial charge in [-0.15, -0.1) is 0 Å². The van der Waals surface area contributed by atoms with E-state index in [1.165, 1.54) is 0 Å². The van der Waals surface area contributed by atoms with Crippen LogP contribution in [0.25, 0.3) is 17.2 Å². The van der Waals surface area contributed by atoms with Crippen molar-refractivity contribution in [3.05, 3.63) is 66.2 Å². The first-order valence-corrected chi connectivity index (χ1v) is 8.17. The molecule has 3 heteroatoms. The van der Waals surface area contributed by atoms with Gasteiger partial charge in [0.05, 0.1) is 6.07 Å². The number of nitriles is 1. The number of likely N-dealkylation sites (N-methyl/N-ethyl adjacent to an activating group) is 1. The van der Waals surface area contributed by atoms with E-state index in [4.69, 9.17) is 0 Å². The molecule has 0 spiro atoms. The summed E-state index contributed by atoms with van der Waals surface area (Å²) in [7, 11) is 1.72. The van der Waals surface area contributed by atoms with Crippen LogP contribution in [0.15, 0.2) is 60.7 Å². The van der Waals surface area contributed by atoms with E-state index >= 15 is 0 Å². The van der Waals surface area contributed by atoms with E-state index in [9.17, 15) is 10.1 Å². The second kappa shape index (κ2) is 6.72. The van der Waals surface area contributed by atoms with Crippen molar-refractivity contribution in [2.75, 3.05) is 7.05 Å². The summed E-state index contributed by atoms with van der Waals surface area (Å²) in [6.07, 6.45) is 5.91. The quantitative estimate of drug-likeness (QED) is 0.791. The monoisotopic (exact) mass is 316 g/mol. The van der Waals surface area contributed by atoms with Crippen LogP contribution in [0.1, 0.15) is 24.8 Å². The number of hydrogen-bond acceptors (Lipinski definition) is 2. The molecular formula is C21H20N2O. The van der Waals surface area contributed by atoms with Crippen molar-refractivity contribution >= 4 is 12.0 Å². The summed E-state index contributed by atoms with van der Waals surface area (Å²) in [6.45, 7) is 0. The van der Waals surface area contributed by atoms with Crippen LogP contribution in [-0.4, -0.2) is 23.4 Å². The molecule has 0 bridgehead atoms. The standard InChI is InChI=1S/C21H20N2O/c1-23(21(16-22)13-6-14-21)20(24)12-11-17-7-5-10-19(15-17)18-8-3-2-4-9-18/h2-5,7-12,15H,6,13-14H2,1H3/b12-11-. The third kappa shape index (κ3) is 3.09. The Morgan fingerprint density at radius 3 is 2.46 bits per heavy atom. The summed E-state index contributed by atoms with van der Waals surface area (Å²) in [4.78, 5) is 13.9. The molecule has 1 amide bonds. The highest BCUT2D eigenvalue weighted by atomic mass is 16.2. The lowest BCUT2D eigenvalue weighted by molar-refractivity contribution is -0.130. The molecule has 120 valence electrons. The van der Waals surface area contributed by atoms with E-state index in [0.29, 0.717) is 0 Å². The van der Waals surface area contributed by atoms with Gasteiger partial charge in [-0.2, -0.15) is 5.26 Å². The summed E-state index contributed by atoms with van der Waals surface area (Å²) >= 11 is 0. The van der Waals surface area contributed by atoms with Crippen LogP contribution < -0.4 is 0 Å². The lowest BCUT2D eigenvalue weighted by Crippen LogP contribution is -2.52. The Labute approximate surface area is 142 Å². The molecule has 24 heavy (non-hydrogen) atoms. The van der Waals surface area contributed by atoms with Gasteiger partial charge in [0.2, 0.25) is 5.91 Å². The van der Waals surface area contributed by atoms with Crippen LogP contribution in [0.2, 0.25) is 0 Å². The van der Waals surface area contributed by atoms with Gasteiger partial charge in [0, 0.05) is 13.1 Å². The fraction of sp³-hybridized carbons (Fsp3) is 0.238. The molecular weight excluding hydrogens is 296 g/mol. The predicted octanol–water partition coefficient (Wildman–Crippen LogP) is 4.27. The summed E-state index contributed by atoms with van der Waals surface area (Å²) < 4.78 is 0. The average Bonchev–Trinajstić information content (AvgIpc) is 2.60. The van der Waals surface area contributed by atoms with Crippen LogP contribution in [0, 0.1) is 11.3 Å². The minimum absolute atomic E-state index is 0.124. The zero-order chi connectivity index (χ0) is 17.0. The van der Waals surface area contributed by atoms with Gasteiger partial charge in [-0.05, 0) is 48.1 Å². The van der Waals surface area contributed by atoms with Crippen molar-refractivity contribution in [2.24, 2.45) is 0 Å². The number of carbonyl (C=O) groups is 1. The minimum Gasteiger partial charge on any atom is -0.323 e. The lowest BCUT2D eigenvalue weighted by atomic mass is 9.76. The molecule has 3 nitrogen and oxygen atoms in total. The summed E-state index contributed by atoms with van der Waals surface area (Å²) in [5.74, 6) is -0.124. The first kappa shape index (κ1) is 16.0. The summed E-state index contributed by atoms with van der Waals surface area (Å²) in [6, 6.07) is 20.5. The Hall–Kier alpha value is -2.86. The van der Waals surface area contributed by atoms with E-state index in [-0.39, 0.29) is 5.91 Å². The van der Waals surface area contributed by atoms with E-state index in [1.807, 2.05) is 36.4 Å². The second-order valence-corrected chi connectivity index (χ2v) is 6.22. The summed E-state index contributed by atoms with van der Waals surface area (Å²) in [5, 5.41) is 9.34. The van der Waals surface area contributed by atoms with Gasteiger partial charge in [0.25, 0.3) is 0 Å². The third-order valence-corrected chi connectivity index (χ3v) is 4.77. The Bertz CT molecular complexity index is 798. The molecule has 0 radical (unpaired) electrons. The number of rotatable bonds is 4. The van der Waals surface area contributed by atoms with E-state index in [1.54, 1.807) is 18.0 Å². The molecule has 0 aliphatic heterocycles. The zero-order valence-electron chi connectivity index (χ0n) is 13.8. The maximum Gasteiger partial charge on any atom is 0.247 e. The van der Waals surface area contributed by atoms with Crippen LogP contribution in [0.4, 0.5) is 0 Å². The van der Waals surface area contributed by atoms with E-state index in [2.05, 4.69) is 30.3 Å². The van der Waals surface area contributed by atoms with Crippen molar-refractivity contribution in [1.29, 1.82) is 5.26 Å². The number of hydrogen-bond donors (Lipinski definition) is 0. The average molecular weight is 316 g/mol. The molecule has 0 N–H and O–H groups in total. The summed E-state index contributed by atoms with van der Waals surface area (Å²) in [5.41, 5.74) is 2.63. The topological polar surface area (TPSA) is 44.1 Å². The van der Waals surface area contributed by atoms with Gasteiger partial charge in [0.1, 0.15) is 5.54 Å². The fourth-order valence-electron chi connectivity index (χ4n) is 2.98. The molecule has 1 saturated carbocycles. The molecule has 0 heterocycles. The van der Waals surface area contributed by atoms with Crippen molar-refractivity contribution in [3.63, 3.8) is 0 Å². The van der Waals surface area contributed by atoms with Gasteiger partial charge in [-0.3, -0.25) is 4.79 Å². The van der Waals surface area contributed by atoms with Crippen molar-refractivity contribution in [1.82, 2.24) is 4.90 Å². The third-order valence-electron chi connectivity index (χ3n) is 4.77. The largest absolute Gasteiger partial charge is 0.323 e. The van der Waals surface area contributed by atoms with Gasteiger partial charge in [-0.1, -0.05) is 48.5 Å². The molecule has 0 saturated heterocycles. The maximum absolute atomic E-state index is 12.4. The highest BCUT2D eigenvalue weighted by molar-refractivity contribution is 5.92. The van der Waals surface area contributed by atoms with Gasteiger partial charge < -0.3 is 4.90 Å². The number of nitrogens with zero attached hydrogens (tertiary/aromatic N) is 2. The van der Waals surface area contributed by atoms with Crippen molar-refractivity contribution < 1.29 is 4.79 Å². The van der Waals surface area contributed by atoms with Gasteiger partial charge >= 0.3 is 0 Å². The molecule has 3 rings (SSSR count). The molecule has 2 aromatic carbocycles. The zero-order valence-corrected chi connectivity index (χ0v) is 13.8. The normalized spacial score (nSPS) is 15.5. The molecule has 1 fully saturated rings. The Balaban J connectivity index is 1.75. The molecule has 1 aliphatic rings. The van der Waals surface area contributed by atoms with Gasteiger partial charge in [-0.25, -0.2) is 0 Å². The maximum atomic E-state index is 12.4. The molecule has 0 unspecified atom stereocenters. The van der Waals surface area contributed by atoms with Crippen molar-refractivity contribution in [3.8, 4) is 17.2 Å².